The van der Waals surface area contributed by atoms with Crippen LogP contribution in [0.2, 0.25) is 10.0 Å². The fourth-order valence-corrected chi connectivity index (χ4v) is 2.93. The van der Waals surface area contributed by atoms with E-state index in [1.807, 2.05) is 0 Å². The first-order valence-corrected chi connectivity index (χ1v) is 7.19. The highest BCUT2D eigenvalue weighted by Gasteiger charge is 2.21. The summed E-state index contributed by atoms with van der Waals surface area (Å²) in [5.41, 5.74) is 0.560. The molecule has 0 aliphatic rings. The molecular weight excluding hydrogens is 341 g/mol. The average Bonchev–Trinajstić information content (AvgIpc) is 2.82. The molecule has 0 saturated heterocycles. The molecule has 0 fully saturated rings. The first-order chi connectivity index (χ1) is 10.0. The van der Waals surface area contributed by atoms with Crippen molar-refractivity contribution in [3.05, 3.63) is 57.8 Å². The van der Waals surface area contributed by atoms with Gasteiger partial charge in [-0.15, -0.1) is 11.6 Å². The molecule has 0 atom stereocenters. The van der Waals surface area contributed by atoms with Crippen LogP contribution in [0.15, 0.2) is 30.3 Å². The lowest BCUT2D eigenvalue weighted by Gasteiger charge is -2.12. The van der Waals surface area contributed by atoms with E-state index in [2.05, 4.69) is 4.98 Å². The normalized spacial score (nSPS) is 11.3. The van der Waals surface area contributed by atoms with E-state index in [9.17, 15) is 8.78 Å². The molecule has 0 amide bonds. The predicted molar refractivity (Wildman–Crippen MR) is 80.6 cm³/mol. The third kappa shape index (κ3) is 2.27. The number of para-hydroxylation sites is 1. The molecule has 2 aromatic carbocycles. The Morgan fingerprint density at radius 1 is 1.05 bits per heavy atom. The fourth-order valence-electron chi connectivity index (χ4n) is 2.18. The Balaban J connectivity index is 2.49. The molecule has 21 heavy (non-hydrogen) atoms. The highest BCUT2D eigenvalue weighted by atomic mass is 35.5. The molecular formula is C14H7Cl3F2N2. The summed E-state index contributed by atoms with van der Waals surface area (Å²) < 4.78 is 29.1. The summed E-state index contributed by atoms with van der Waals surface area (Å²) >= 11 is 18.2. The molecule has 0 aliphatic carbocycles. The van der Waals surface area contributed by atoms with Crippen LogP contribution < -0.4 is 0 Å². The highest BCUT2D eigenvalue weighted by molar-refractivity contribution is 6.37. The number of hydrogen-bond donors (Lipinski definition) is 0. The molecule has 2 nitrogen and oxygen atoms in total. The zero-order valence-electron chi connectivity index (χ0n) is 10.4. The Bertz CT molecular complexity index is 826. The van der Waals surface area contributed by atoms with Gasteiger partial charge >= 0.3 is 0 Å². The maximum absolute atomic E-state index is 14.2. The molecule has 3 aromatic rings. The van der Waals surface area contributed by atoms with Gasteiger partial charge in [-0.05, 0) is 24.3 Å². The van der Waals surface area contributed by atoms with Crippen molar-refractivity contribution >= 4 is 45.8 Å². The maximum atomic E-state index is 14.2. The minimum atomic E-state index is -1.02. The lowest BCUT2D eigenvalue weighted by molar-refractivity contribution is 0.514. The first-order valence-electron chi connectivity index (χ1n) is 5.90. The number of rotatable bonds is 2. The fraction of sp³-hybridized carbons (Fsp3) is 0.0714. The largest absolute Gasteiger partial charge is 0.289 e. The maximum Gasteiger partial charge on any atom is 0.185 e. The summed E-state index contributed by atoms with van der Waals surface area (Å²) in [5, 5.41) is 0.577. The van der Waals surface area contributed by atoms with Gasteiger partial charge in [-0.25, -0.2) is 13.8 Å². The molecule has 7 heteroatoms. The standard InChI is InChI=1S/C14H7Cl3F2N2/c15-6-11-20-10-5-4-9(18)12(19)14(10)21(11)13-7(16)2-1-3-8(13)17/h1-5H,6H2. The molecule has 0 aliphatic heterocycles. The smallest absolute Gasteiger partial charge is 0.185 e. The molecule has 3 rings (SSSR count). The molecule has 108 valence electrons. The summed E-state index contributed by atoms with van der Waals surface area (Å²) in [5.74, 6) is -1.68. The van der Waals surface area contributed by atoms with E-state index in [0.29, 0.717) is 11.5 Å². The molecule has 0 unspecified atom stereocenters. The van der Waals surface area contributed by atoms with Crippen molar-refractivity contribution in [3.8, 4) is 5.69 Å². The molecule has 0 spiro atoms. The molecule has 1 aromatic heterocycles. The Morgan fingerprint density at radius 3 is 2.33 bits per heavy atom. The van der Waals surface area contributed by atoms with Crippen molar-refractivity contribution in [1.29, 1.82) is 0 Å². The lowest BCUT2D eigenvalue weighted by Crippen LogP contribution is -2.03. The topological polar surface area (TPSA) is 17.8 Å². The van der Waals surface area contributed by atoms with Gasteiger partial charge in [0.05, 0.1) is 27.1 Å². The summed E-state index contributed by atoms with van der Waals surface area (Å²) in [6, 6.07) is 7.25. The number of fused-ring (bicyclic) bond motifs is 1. The van der Waals surface area contributed by atoms with Gasteiger partial charge in [0.2, 0.25) is 0 Å². The molecule has 0 N–H and O–H groups in total. The SMILES string of the molecule is Fc1ccc2nc(CCl)n(-c3c(Cl)cccc3Cl)c2c1F. The van der Waals surface area contributed by atoms with Crippen LogP contribution in [-0.2, 0) is 5.88 Å². The van der Waals surface area contributed by atoms with Crippen LogP contribution in [0.4, 0.5) is 8.78 Å². The van der Waals surface area contributed by atoms with Crippen LogP contribution in [-0.4, -0.2) is 9.55 Å². The number of nitrogens with zero attached hydrogens (tertiary/aromatic N) is 2. The van der Waals surface area contributed by atoms with E-state index in [0.717, 1.165) is 6.07 Å². The number of benzene rings is 2. The zero-order valence-corrected chi connectivity index (χ0v) is 12.6. The highest BCUT2D eigenvalue weighted by Crippen LogP contribution is 2.34. The van der Waals surface area contributed by atoms with Crippen molar-refractivity contribution < 1.29 is 8.78 Å². The van der Waals surface area contributed by atoms with Crippen molar-refractivity contribution in [1.82, 2.24) is 9.55 Å². The molecule has 0 bridgehead atoms. The van der Waals surface area contributed by atoms with Crippen molar-refractivity contribution in [2.45, 2.75) is 5.88 Å². The summed E-state index contributed by atoms with van der Waals surface area (Å²) in [4.78, 5) is 4.20. The first kappa shape index (κ1) is 14.6. The Morgan fingerprint density at radius 2 is 1.71 bits per heavy atom. The lowest BCUT2D eigenvalue weighted by atomic mass is 10.2. The summed E-state index contributed by atoms with van der Waals surface area (Å²) in [6.07, 6.45) is 0. The number of halogens is 5. The van der Waals surface area contributed by atoms with Gasteiger partial charge in [0.1, 0.15) is 11.3 Å². The Labute approximate surface area is 133 Å². The van der Waals surface area contributed by atoms with Gasteiger partial charge in [0.15, 0.2) is 11.6 Å². The van der Waals surface area contributed by atoms with E-state index in [4.69, 9.17) is 34.8 Å². The van der Waals surface area contributed by atoms with Crippen LogP contribution >= 0.6 is 34.8 Å². The predicted octanol–water partition coefficient (Wildman–Crippen LogP) is 5.35. The van der Waals surface area contributed by atoms with Crippen molar-refractivity contribution in [3.63, 3.8) is 0 Å². The minimum Gasteiger partial charge on any atom is -0.289 e. The van der Waals surface area contributed by atoms with Gasteiger partial charge < -0.3 is 0 Å². The van der Waals surface area contributed by atoms with Gasteiger partial charge in [0.25, 0.3) is 0 Å². The van der Waals surface area contributed by atoms with Gasteiger partial charge in [-0.2, -0.15) is 0 Å². The van der Waals surface area contributed by atoms with Crippen LogP contribution in [0.25, 0.3) is 16.7 Å². The van der Waals surface area contributed by atoms with Crippen LogP contribution in [0.5, 0.6) is 0 Å². The average molecular weight is 348 g/mol. The summed E-state index contributed by atoms with van der Waals surface area (Å²) in [7, 11) is 0. The Kier molecular flexibility index (Phi) is 3.78. The van der Waals surface area contributed by atoms with Gasteiger partial charge in [0, 0.05) is 0 Å². The second-order valence-corrected chi connectivity index (χ2v) is 5.38. The monoisotopic (exact) mass is 346 g/mol. The second kappa shape index (κ2) is 5.44. The molecule has 0 saturated carbocycles. The van der Waals surface area contributed by atoms with Gasteiger partial charge in [-0.1, -0.05) is 29.3 Å². The van der Waals surface area contributed by atoms with Crippen molar-refractivity contribution in [2.24, 2.45) is 0 Å². The number of aromatic nitrogens is 2. The second-order valence-electron chi connectivity index (χ2n) is 4.30. The van der Waals surface area contributed by atoms with Crippen molar-refractivity contribution in [2.75, 3.05) is 0 Å². The minimum absolute atomic E-state index is 0.00269. The van der Waals surface area contributed by atoms with E-state index in [1.54, 1.807) is 18.2 Å². The van der Waals surface area contributed by atoms with Crippen LogP contribution in [0.1, 0.15) is 5.82 Å². The number of alkyl halides is 1. The van der Waals surface area contributed by atoms with E-state index in [-0.39, 0.29) is 27.0 Å². The Hall–Kier alpha value is -1.36. The van der Waals surface area contributed by atoms with Crippen LogP contribution in [0, 0.1) is 11.6 Å². The summed E-state index contributed by atoms with van der Waals surface area (Å²) in [6.45, 7) is 0. The number of imidazole rings is 1. The molecule has 0 radical (unpaired) electrons. The van der Waals surface area contributed by atoms with E-state index in [1.165, 1.54) is 10.6 Å². The number of hydrogen-bond acceptors (Lipinski definition) is 1. The third-order valence-corrected chi connectivity index (χ3v) is 3.91. The van der Waals surface area contributed by atoms with Gasteiger partial charge in [-0.3, -0.25) is 4.57 Å². The third-order valence-electron chi connectivity index (χ3n) is 3.06. The van der Waals surface area contributed by atoms with E-state index < -0.39 is 11.6 Å². The zero-order chi connectivity index (χ0) is 15.1. The van der Waals surface area contributed by atoms with Crippen LogP contribution in [0.3, 0.4) is 0 Å². The molecule has 1 heterocycles. The quantitative estimate of drug-likeness (QED) is 0.571. The van der Waals surface area contributed by atoms with E-state index >= 15 is 0 Å².